The molecular weight excluding hydrogens is 388 g/mol. The van der Waals surface area contributed by atoms with Crippen molar-refractivity contribution in [1.29, 1.82) is 0 Å². The SMILES string of the molecule is CN=C(NCCCc1nnc2ccccn12)NCc1ccc(F)cc1C(F)(F)F. The van der Waals surface area contributed by atoms with Gasteiger partial charge in [0.25, 0.3) is 0 Å². The van der Waals surface area contributed by atoms with Crippen LogP contribution in [-0.4, -0.2) is 34.2 Å². The van der Waals surface area contributed by atoms with Crippen molar-refractivity contribution in [2.24, 2.45) is 4.99 Å². The second-order valence-corrected chi connectivity index (χ2v) is 6.30. The van der Waals surface area contributed by atoms with Crippen LogP contribution in [0.3, 0.4) is 0 Å². The van der Waals surface area contributed by atoms with Crippen molar-refractivity contribution < 1.29 is 17.6 Å². The fourth-order valence-electron chi connectivity index (χ4n) is 2.88. The zero-order valence-electron chi connectivity index (χ0n) is 15.7. The molecule has 0 saturated heterocycles. The molecule has 3 aromatic rings. The van der Waals surface area contributed by atoms with Gasteiger partial charge < -0.3 is 10.6 Å². The Kier molecular flexibility index (Phi) is 6.30. The lowest BCUT2D eigenvalue weighted by molar-refractivity contribution is -0.138. The molecule has 0 saturated carbocycles. The zero-order valence-corrected chi connectivity index (χ0v) is 15.7. The van der Waals surface area contributed by atoms with Gasteiger partial charge in [-0.1, -0.05) is 12.1 Å². The Labute approximate surface area is 164 Å². The van der Waals surface area contributed by atoms with Crippen molar-refractivity contribution in [2.45, 2.75) is 25.6 Å². The van der Waals surface area contributed by atoms with Crippen molar-refractivity contribution in [3.63, 3.8) is 0 Å². The van der Waals surface area contributed by atoms with E-state index in [-0.39, 0.29) is 12.1 Å². The Morgan fingerprint density at radius 2 is 1.97 bits per heavy atom. The first kappa shape index (κ1) is 20.6. The van der Waals surface area contributed by atoms with Gasteiger partial charge >= 0.3 is 6.18 Å². The lowest BCUT2D eigenvalue weighted by Gasteiger charge is -2.16. The van der Waals surface area contributed by atoms with Gasteiger partial charge in [-0.15, -0.1) is 10.2 Å². The van der Waals surface area contributed by atoms with E-state index in [2.05, 4.69) is 25.8 Å². The molecule has 0 amide bonds. The van der Waals surface area contributed by atoms with Crippen LogP contribution < -0.4 is 10.6 Å². The third-order valence-corrected chi connectivity index (χ3v) is 4.30. The minimum absolute atomic E-state index is 0.0585. The number of hydrogen-bond donors (Lipinski definition) is 2. The first-order chi connectivity index (χ1) is 13.9. The maximum Gasteiger partial charge on any atom is 0.416 e. The average Bonchev–Trinajstić information content (AvgIpc) is 3.10. The molecule has 0 unspecified atom stereocenters. The fraction of sp³-hybridized carbons (Fsp3) is 0.316. The van der Waals surface area contributed by atoms with Crippen molar-refractivity contribution in [1.82, 2.24) is 25.2 Å². The van der Waals surface area contributed by atoms with Gasteiger partial charge in [-0.2, -0.15) is 13.2 Å². The predicted molar refractivity (Wildman–Crippen MR) is 101 cm³/mol. The van der Waals surface area contributed by atoms with Gasteiger partial charge in [0, 0.05) is 32.8 Å². The average molecular weight is 408 g/mol. The molecule has 6 nitrogen and oxygen atoms in total. The molecule has 2 aromatic heterocycles. The smallest absolute Gasteiger partial charge is 0.356 e. The molecule has 2 heterocycles. The van der Waals surface area contributed by atoms with Gasteiger partial charge in [0.1, 0.15) is 11.6 Å². The molecule has 3 rings (SSSR count). The Hall–Kier alpha value is -3.17. The summed E-state index contributed by atoms with van der Waals surface area (Å²) < 4.78 is 54.3. The molecule has 0 atom stereocenters. The molecule has 154 valence electrons. The number of nitrogens with zero attached hydrogens (tertiary/aromatic N) is 4. The topological polar surface area (TPSA) is 66.6 Å². The minimum Gasteiger partial charge on any atom is -0.356 e. The Bertz CT molecular complexity index is 996. The molecule has 0 aliphatic heterocycles. The zero-order chi connectivity index (χ0) is 20.9. The van der Waals surface area contributed by atoms with Crippen LogP contribution in [0.25, 0.3) is 5.65 Å². The number of rotatable bonds is 6. The summed E-state index contributed by atoms with van der Waals surface area (Å²) in [5.41, 5.74) is -0.288. The van der Waals surface area contributed by atoms with E-state index in [1.807, 2.05) is 28.8 Å². The van der Waals surface area contributed by atoms with Gasteiger partial charge in [-0.05, 0) is 36.2 Å². The molecule has 0 spiro atoms. The number of benzene rings is 1. The maximum absolute atomic E-state index is 13.2. The molecule has 1 aromatic carbocycles. The van der Waals surface area contributed by atoms with Gasteiger partial charge in [-0.3, -0.25) is 9.39 Å². The number of alkyl halides is 3. The van der Waals surface area contributed by atoms with Crippen LogP contribution >= 0.6 is 0 Å². The summed E-state index contributed by atoms with van der Waals surface area (Å²) in [4.78, 5) is 4.00. The number of aliphatic imine (C=N–C) groups is 1. The van der Waals surface area contributed by atoms with E-state index < -0.39 is 17.6 Å². The third-order valence-electron chi connectivity index (χ3n) is 4.30. The van der Waals surface area contributed by atoms with Crippen LogP contribution in [0.15, 0.2) is 47.6 Å². The Balaban J connectivity index is 1.51. The number of fused-ring (bicyclic) bond motifs is 1. The van der Waals surface area contributed by atoms with Gasteiger partial charge in [0.15, 0.2) is 11.6 Å². The van der Waals surface area contributed by atoms with E-state index >= 15 is 0 Å². The van der Waals surface area contributed by atoms with Crippen LogP contribution in [-0.2, 0) is 19.1 Å². The Morgan fingerprint density at radius 3 is 2.72 bits per heavy atom. The summed E-state index contributed by atoms with van der Waals surface area (Å²) in [7, 11) is 1.52. The first-order valence-corrected chi connectivity index (χ1v) is 8.97. The van der Waals surface area contributed by atoms with Gasteiger partial charge in [-0.25, -0.2) is 4.39 Å². The summed E-state index contributed by atoms with van der Waals surface area (Å²) in [5.74, 6) is 0.254. The van der Waals surface area contributed by atoms with Crippen LogP contribution in [0.4, 0.5) is 17.6 Å². The third kappa shape index (κ3) is 5.21. The highest BCUT2D eigenvalue weighted by Gasteiger charge is 2.33. The van der Waals surface area contributed by atoms with E-state index in [4.69, 9.17) is 0 Å². The molecular formula is C19H20F4N6. The van der Waals surface area contributed by atoms with Crippen molar-refractivity contribution >= 4 is 11.6 Å². The molecule has 0 fully saturated rings. The van der Waals surface area contributed by atoms with Crippen LogP contribution in [0.2, 0.25) is 0 Å². The minimum atomic E-state index is -4.63. The first-order valence-electron chi connectivity index (χ1n) is 8.97. The van der Waals surface area contributed by atoms with Gasteiger partial charge in [0.2, 0.25) is 0 Å². The second kappa shape index (κ2) is 8.89. The molecule has 2 N–H and O–H groups in total. The molecule has 0 bridgehead atoms. The number of aryl methyl sites for hydroxylation is 1. The lowest BCUT2D eigenvalue weighted by atomic mass is 10.1. The highest BCUT2D eigenvalue weighted by Crippen LogP contribution is 2.32. The van der Waals surface area contributed by atoms with E-state index in [1.165, 1.54) is 7.05 Å². The van der Waals surface area contributed by atoms with Crippen molar-refractivity contribution in [2.75, 3.05) is 13.6 Å². The van der Waals surface area contributed by atoms with Crippen molar-refractivity contribution in [3.8, 4) is 0 Å². The van der Waals surface area contributed by atoms with E-state index in [1.54, 1.807) is 0 Å². The summed E-state index contributed by atoms with van der Waals surface area (Å²) >= 11 is 0. The molecule has 29 heavy (non-hydrogen) atoms. The second-order valence-electron chi connectivity index (χ2n) is 6.30. The highest BCUT2D eigenvalue weighted by atomic mass is 19.4. The summed E-state index contributed by atoms with van der Waals surface area (Å²) in [5, 5.41) is 14.1. The summed E-state index contributed by atoms with van der Waals surface area (Å²) in [6.07, 6.45) is -1.34. The molecule has 10 heteroatoms. The largest absolute Gasteiger partial charge is 0.416 e. The number of halogens is 4. The lowest BCUT2D eigenvalue weighted by Crippen LogP contribution is -2.37. The van der Waals surface area contributed by atoms with Crippen LogP contribution in [0.5, 0.6) is 0 Å². The molecule has 0 aliphatic carbocycles. The standard InChI is InChI=1S/C19H20F4N6/c1-24-18(26-12-13-7-8-14(20)11-15(13)19(21,22)23)25-9-4-6-17-28-27-16-5-2-3-10-29(16)17/h2-3,5,7-8,10-11H,4,6,9,12H2,1H3,(H2,24,25,26). The summed E-state index contributed by atoms with van der Waals surface area (Å²) in [6, 6.07) is 8.27. The number of nitrogens with one attached hydrogen (secondary N) is 2. The fourth-order valence-corrected chi connectivity index (χ4v) is 2.88. The monoisotopic (exact) mass is 408 g/mol. The normalized spacial score (nSPS) is 12.4. The quantitative estimate of drug-likeness (QED) is 0.285. The molecule has 0 aliphatic rings. The van der Waals surface area contributed by atoms with Gasteiger partial charge in [0.05, 0.1) is 5.56 Å². The Morgan fingerprint density at radius 1 is 1.14 bits per heavy atom. The van der Waals surface area contributed by atoms with E-state index in [9.17, 15) is 17.6 Å². The maximum atomic E-state index is 13.2. The predicted octanol–water partition coefficient (Wildman–Crippen LogP) is 3.19. The van der Waals surface area contributed by atoms with Crippen molar-refractivity contribution in [3.05, 3.63) is 65.4 Å². The van der Waals surface area contributed by atoms with E-state index in [0.29, 0.717) is 25.0 Å². The highest BCUT2D eigenvalue weighted by molar-refractivity contribution is 5.79. The number of aromatic nitrogens is 3. The number of guanidine groups is 1. The summed E-state index contributed by atoms with van der Waals surface area (Å²) in [6.45, 7) is 0.403. The number of pyridine rings is 1. The molecule has 0 radical (unpaired) electrons. The van der Waals surface area contributed by atoms with Crippen LogP contribution in [0.1, 0.15) is 23.4 Å². The van der Waals surface area contributed by atoms with Crippen LogP contribution in [0, 0.1) is 5.82 Å². The van der Waals surface area contributed by atoms with E-state index in [0.717, 1.165) is 30.0 Å². The number of hydrogen-bond acceptors (Lipinski definition) is 3.